The van der Waals surface area contributed by atoms with Crippen LogP contribution in [0.1, 0.15) is 36.2 Å². The van der Waals surface area contributed by atoms with Crippen LogP contribution in [0.3, 0.4) is 0 Å². The molecule has 2 N–H and O–H groups in total. The number of esters is 1. The molecule has 0 saturated carbocycles. The van der Waals surface area contributed by atoms with Crippen LogP contribution in [0, 0.1) is 0 Å². The van der Waals surface area contributed by atoms with Crippen molar-refractivity contribution < 1.29 is 14.3 Å². The molecule has 2 aromatic carbocycles. The Morgan fingerprint density at radius 3 is 2.47 bits per heavy atom. The lowest BCUT2D eigenvalue weighted by molar-refractivity contribution is 0.0338. The van der Waals surface area contributed by atoms with Gasteiger partial charge in [0, 0.05) is 5.56 Å². The number of nitrogen functional groups attached to an aromatic ring is 1. The molecule has 154 valence electrons. The summed E-state index contributed by atoms with van der Waals surface area (Å²) >= 11 is 0. The second-order valence-electron chi connectivity index (χ2n) is 7.17. The minimum absolute atomic E-state index is 0.224. The molecule has 4 rings (SSSR count). The number of ether oxygens (including phenoxy) is 2. The molecule has 0 unspecified atom stereocenters. The van der Waals surface area contributed by atoms with Crippen molar-refractivity contribution in [2.75, 3.05) is 12.8 Å². The number of aromatic nitrogens is 3. The van der Waals surface area contributed by atoms with Gasteiger partial charge in [-0.05, 0) is 31.5 Å². The Bertz CT molecular complexity index is 1230. The zero-order valence-electron chi connectivity index (χ0n) is 17.3. The maximum absolute atomic E-state index is 13.0. The number of fused-ring (bicyclic) bond motifs is 2. The monoisotopic (exact) mass is 404 g/mol. The first-order valence-corrected chi connectivity index (χ1v) is 9.90. The van der Waals surface area contributed by atoms with Crippen molar-refractivity contribution in [1.82, 2.24) is 14.5 Å². The lowest BCUT2D eigenvalue weighted by Crippen LogP contribution is -2.16. The molecule has 0 aliphatic rings. The highest BCUT2D eigenvalue weighted by Crippen LogP contribution is 2.31. The Kier molecular flexibility index (Phi) is 5.27. The van der Waals surface area contributed by atoms with Gasteiger partial charge in [0.1, 0.15) is 22.6 Å². The van der Waals surface area contributed by atoms with E-state index in [9.17, 15) is 4.79 Å². The van der Waals surface area contributed by atoms with Gasteiger partial charge in [-0.25, -0.2) is 14.8 Å². The Balaban J connectivity index is 1.93. The minimum atomic E-state index is -0.491. The highest BCUT2D eigenvalue weighted by Gasteiger charge is 2.26. The zero-order chi connectivity index (χ0) is 21.3. The molecule has 1 atom stereocenters. The average molecular weight is 404 g/mol. The summed E-state index contributed by atoms with van der Waals surface area (Å²) in [5, 5.41) is 0. The number of benzene rings is 2. The Morgan fingerprint density at radius 1 is 1.10 bits per heavy atom. The van der Waals surface area contributed by atoms with E-state index in [0.717, 1.165) is 16.8 Å². The van der Waals surface area contributed by atoms with Crippen LogP contribution >= 0.6 is 0 Å². The summed E-state index contributed by atoms with van der Waals surface area (Å²) in [6, 6.07) is 15.2. The van der Waals surface area contributed by atoms with Crippen molar-refractivity contribution in [1.29, 1.82) is 0 Å². The van der Waals surface area contributed by atoms with Crippen molar-refractivity contribution in [2.24, 2.45) is 0 Å². The van der Waals surface area contributed by atoms with Crippen LogP contribution in [0.2, 0.25) is 0 Å². The van der Waals surface area contributed by atoms with E-state index in [1.54, 1.807) is 11.7 Å². The number of carbonyl (C=O) groups is 1. The number of hydrogen-bond acceptors (Lipinski definition) is 6. The number of hydrogen-bond donors (Lipinski definition) is 1. The maximum Gasteiger partial charge on any atom is 0.344 e. The van der Waals surface area contributed by atoms with Gasteiger partial charge in [0.2, 0.25) is 0 Å². The van der Waals surface area contributed by atoms with Gasteiger partial charge >= 0.3 is 5.97 Å². The molecule has 7 nitrogen and oxygen atoms in total. The fourth-order valence-electron chi connectivity index (χ4n) is 3.41. The Morgan fingerprint density at radius 2 is 1.77 bits per heavy atom. The van der Waals surface area contributed by atoms with E-state index in [0.29, 0.717) is 29.6 Å². The fraction of sp³-hybridized carbons (Fsp3) is 0.261. The topological polar surface area (TPSA) is 92.3 Å². The molecule has 7 heteroatoms. The summed E-state index contributed by atoms with van der Waals surface area (Å²) in [6.45, 7) is 4.19. The summed E-state index contributed by atoms with van der Waals surface area (Å²) in [7, 11) is 1.62. The number of carbonyl (C=O) groups excluding carboxylic acids is 1. The van der Waals surface area contributed by atoms with Crippen LogP contribution < -0.4 is 10.5 Å². The van der Waals surface area contributed by atoms with E-state index >= 15 is 0 Å². The quantitative estimate of drug-likeness (QED) is 0.485. The lowest BCUT2D eigenvalue weighted by Gasteiger charge is -2.12. The van der Waals surface area contributed by atoms with Crippen molar-refractivity contribution >= 4 is 34.0 Å². The number of anilines is 1. The standard InChI is InChI=1S/C23H24N4O3/c1-4-14(2)30-23(28)19-20-22(26-17-11-7-6-10-16(17)25-20)27(21(19)24)13-15-9-5-8-12-18(15)29-3/h5-12,14H,4,13,24H2,1-3H3/t14-/m1/s1. The van der Waals surface area contributed by atoms with Crippen molar-refractivity contribution in [3.8, 4) is 5.75 Å². The Hall–Kier alpha value is -3.61. The molecule has 0 aliphatic carbocycles. The number of methoxy groups -OCH3 is 1. The van der Waals surface area contributed by atoms with E-state index in [-0.39, 0.29) is 17.5 Å². The predicted molar refractivity (Wildman–Crippen MR) is 117 cm³/mol. The smallest absolute Gasteiger partial charge is 0.344 e. The lowest BCUT2D eigenvalue weighted by atomic mass is 10.2. The van der Waals surface area contributed by atoms with Gasteiger partial charge in [0.25, 0.3) is 0 Å². The van der Waals surface area contributed by atoms with Gasteiger partial charge in [0.05, 0.1) is 30.8 Å². The maximum atomic E-state index is 13.0. The average Bonchev–Trinajstić information content (AvgIpc) is 3.02. The third-order valence-corrected chi connectivity index (χ3v) is 5.20. The molecule has 2 aromatic heterocycles. The van der Waals surface area contributed by atoms with Crippen LogP contribution in [0.15, 0.2) is 48.5 Å². The largest absolute Gasteiger partial charge is 0.496 e. The SMILES string of the molecule is CC[C@@H](C)OC(=O)c1c(N)n(Cc2ccccc2OC)c2nc3ccccc3nc12. The first-order chi connectivity index (χ1) is 14.5. The van der Waals surface area contributed by atoms with Crippen LogP contribution in [0.25, 0.3) is 22.2 Å². The third kappa shape index (κ3) is 3.43. The number of para-hydroxylation sites is 3. The molecule has 4 aromatic rings. The van der Waals surface area contributed by atoms with E-state index in [4.69, 9.17) is 25.2 Å². The van der Waals surface area contributed by atoms with Crippen LogP contribution in [-0.2, 0) is 11.3 Å². The van der Waals surface area contributed by atoms with Crippen molar-refractivity contribution in [3.63, 3.8) is 0 Å². The first kappa shape index (κ1) is 19.7. The summed E-state index contributed by atoms with van der Waals surface area (Å²) < 4.78 is 12.8. The van der Waals surface area contributed by atoms with Crippen LogP contribution in [-0.4, -0.2) is 33.7 Å². The second-order valence-corrected chi connectivity index (χ2v) is 7.17. The van der Waals surface area contributed by atoms with Gasteiger partial charge in [-0.3, -0.25) is 0 Å². The fourth-order valence-corrected chi connectivity index (χ4v) is 3.41. The minimum Gasteiger partial charge on any atom is -0.496 e. The van der Waals surface area contributed by atoms with Gasteiger partial charge < -0.3 is 19.8 Å². The molecular weight excluding hydrogens is 380 g/mol. The van der Waals surface area contributed by atoms with Gasteiger partial charge in [0.15, 0.2) is 5.65 Å². The molecule has 0 fully saturated rings. The predicted octanol–water partition coefficient (Wildman–Crippen LogP) is 4.18. The van der Waals surface area contributed by atoms with E-state index in [1.165, 1.54) is 0 Å². The molecule has 0 aliphatic heterocycles. The van der Waals surface area contributed by atoms with Gasteiger partial charge in [-0.15, -0.1) is 0 Å². The molecule has 2 heterocycles. The number of nitrogens with zero attached hydrogens (tertiary/aromatic N) is 3. The molecular formula is C23H24N4O3. The zero-order valence-corrected chi connectivity index (χ0v) is 17.3. The summed E-state index contributed by atoms with van der Waals surface area (Å²) in [4.78, 5) is 22.4. The van der Waals surface area contributed by atoms with Crippen molar-refractivity contribution in [2.45, 2.75) is 32.9 Å². The van der Waals surface area contributed by atoms with Crippen LogP contribution in [0.4, 0.5) is 5.82 Å². The molecule has 0 bridgehead atoms. The number of nitrogens with two attached hydrogens (primary N) is 1. The van der Waals surface area contributed by atoms with E-state index in [2.05, 4.69) is 0 Å². The molecule has 0 spiro atoms. The second kappa shape index (κ2) is 8.02. The molecule has 0 saturated heterocycles. The molecule has 30 heavy (non-hydrogen) atoms. The molecule has 0 radical (unpaired) electrons. The highest BCUT2D eigenvalue weighted by atomic mass is 16.5. The molecule has 0 amide bonds. The third-order valence-electron chi connectivity index (χ3n) is 5.20. The van der Waals surface area contributed by atoms with E-state index in [1.807, 2.05) is 62.4 Å². The van der Waals surface area contributed by atoms with Crippen molar-refractivity contribution in [3.05, 3.63) is 59.7 Å². The summed E-state index contributed by atoms with van der Waals surface area (Å²) in [6.07, 6.45) is 0.484. The first-order valence-electron chi connectivity index (χ1n) is 9.90. The van der Waals surface area contributed by atoms with E-state index < -0.39 is 5.97 Å². The normalized spacial score (nSPS) is 12.2. The van der Waals surface area contributed by atoms with Gasteiger partial charge in [-0.2, -0.15) is 0 Å². The Labute approximate surface area is 174 Å². The summed E-state index contributed by atoms with van der Waals surface area (Å²) in [5.41, 5.74) is 10.0. The van der Waals surface area contributed by atoms with Crippen LogP contribution in [0.5, 0.6) is 5.75 Å². The van der Waals surface area contributed by atoms with Gasteiger partial charge in [-0.1, -0.05) is 37.3 Å². The number of rotatable bonds is 6. The highest BCUT2D eigenvalue weighted by molar-refractivity contribution is 6.08. The summed E-state index contributed by atoms with van der Waals surface area (Å²) in [5.74, 6) is 0.519.